The number of rotatable bonds is 7. The van der Waals surface area contributed by atoms with Crippen molar-refractivity contribution in [2.75, 3.05) is 0 Å². The highest BCUT2D eigenvalue weighted by Crippen LogP contribution is 2.15. The largest absolute Gasteiger partial charge is 0.350 e. The van der Waals surface area contributed by atoms with Crippen molar-refractivity contribution < 1.29 is 9.59 Å². The SMILES string of the molecule is C[C@H](CC(=O)N[C@H](C)c1ccccc1)C(=O)N[C@@H](C)c1ccccc1. The normalized spacial score (nSPS) is 14.2. The molecule has 2 aromatic carbocycles. The van der Waals surface area contributed by atoms with Crippen molar-refractivity contribution in [3.63, 3.8) is 0 Å². The Morgan fingerprint density at radius 2 is 1.20 bits per heavy atom. The smallest absolute Gasteiger partial charge is 0.223 e. The molecule has 0 radical (unpaired) electrons. The lowest BCUT2D eigenvalue weighted by Crippen LogP contribution is -2.35. The summed E-state index contributed by atoms with van der Waals surface area (Å²) < 4.78 is 0. The molecule has 2 aromatic rings. The first-order valence-corrected chi connectivity index (χ1v) is 8.67. The van der Waals surface area contributed by atoms with E-state index in [2.05, 4.69) is 10.6 Å². The van der Waals surface area contributed by atoms with Gasteiger partial charge in [0, 0.05) is 12.3 Å². The molecular weight excluding hydrogens is 312 g/mol. The van der Waals surface area contributed by atoms with Crippen LogP contribution in [-0.2, 0) is 9.59 Å². The van der Waals surface area contributed by atoms with Gasteiger partial charge in [-0.2, -0.15) is 0 Å². The van der Waals surface area contributed by atoms with Gasteiger partial charge in [-0.05, 0) is 25.0 Å². The first kappa shape index (κ1) is 18.7. The molecular formula is C21H26N2O2. The van der Waals surface area contributed by atoms with Gasteiger partial charge in [-0.3, -0.25) is 9.59 Å². The first-order chi connectivity index (χ1) is 12.0. The third-order valence-corrected chi connectivity index (χ3v) is 4.27. The average molecular weight is 338 g/mol. The number of carbonyl (C=O) groups excluding carboxylic acids is 2. The summed E-state index contributed by atoms with van der Waals surface area (Å²) in [6.45, 7) is 5.66. The molecule has 0 aliphatic carbocycles. The van der Waals surface area contributed by atoms with Crippen LogP contribution in [0.3, 0.4) is 0 Å². The summed E-state index contributed by atoms with van der Waals surface area (Å²) in [6, 6.07) is 19.4. The summed E-state index contributed by atoms with van der Waals surface area (Å²) in [5.74, 6) is -0.612. The van der Waals surface area contributed by atoms with Crippen molar-refractivity contribution >= 4 is 11.8 Å². The Hall–Kier alpha value is -2.62. The summed E-state index contributed by atoms with van der Waals surface area (Å²) in [7, 11) is 0. The summed E-state index contributed by atoms with van der Waals surface area (Å²) >= 11 is 0. The molecule has 0 saturated carbocycles. The second kappa shape index (κ2) is 9.02. The molecule has 0 bridgehead atoms. The lowest BCUT2D eigenvalue weighted by Gasteiger charge is -2.19. The Morgan fingerprint density at radius 3 is 1.68 bits per heavy atom. The van der Waals surface area contributed by atoms with Crippen molar-refractivity contribution in [3.05, 3.63) is 71.8 Å². The van der Waals surface area contributed by atoms with Gasteiger partial charge in [-0.25, -0.2) is 0 Å². The van der Waals surface area contributed by atoms with Gasteiger partial charge in [-0.15, -0.1) is 0 Å². The van der Waals surface area contributed by atoms with Crippen LogP contribution in [0.5, 0.6) is 0 Å². The minimum absolute atomic E-state index is 0.0767. The van der Waals surface area contributed by atoms with Crippen LogP contribution in [0.4, 0.5) is 0 Å². The van der Waals surface area contributed by atoms with Crippen LogP contribution in [0.15, 0.2) is 60.7 Å². The summed E-state index contributed by atoms with van der Waals surface area (Å²) in [4.78, 5) is 24.5. The molecule has 0 aliphatic heterocycles. The zero-order valence-corrected chi connectivity index (χ0v) is 15.0. The van der Waals surface area contributed by atoms with Crippen LogP contribution in [0.2, 0.25) is 0 Å². The fraction of sp³-hybridized carbons (Fsp3) is 0.333. The summed E-state index contributed by atoms with van der Waals surface area (Å²) in [5.41, 5.74) is 2.09. The zero-order chi connectivity index (χ0) is 18.2. The van der Waals surface area contributed by atoms with Crippen molar-refractivity contribution in [3.8, 4) is 0 Å². The minimum atomic E-state index is -0.380. The second-order valence-electron chi connectivity index (χ2n) is 6.45. The predicted molar refractivity (Wildman–Crippen MR) is 99.8 cm³/mol. The lowest BCUT2D eigenvalue weighted by atomic mass is 10.0. The number of carbonyl (C=O) groups is 2. The molecule has 0 saturated heterocycles. The van der Waals surface area contributed by atoms with Gasteiger partial charge < -0.3 is 10.6 Å². The molecule has 4 nitrogen and oxygen atoms in total. The maximum Gasteiger partial charge on any atom is 0.223 e. The van der Waals surface area contributed by atoms with Gasteiger partial charge in [0.15, 0.2) is 0 Å². The quantitative estimate of drug-likeness (QED) is 0.807. The van der Waals surface area contributed by atoms with Gasteiger partial charge in [0.1, 0.15) is 0 Å². The van der Waals surface area contributed by atoms with E-state index in [1.807, 2.05) is 74.5 Å². The van der Waals surface area contributed by atoms with Gasteiger partial charge in [-0.1, -0.05) is 67.6 Å². The van der Waals surface area contributed by atoms with Gasteiger partial charge >= 0.3 is 0 Å². The molecule has 0 aromatic heterocycles. The summed E-state index contributed by atoms with van der Waals surface area (Å²) in [6.07, 6.45) is 0.171. The summed E-state index contributed by atoms with van der Waals surface area (Å²) in [5, 5.41) is 5.92. The highest BCUT2D eigenvalue weighted by molar-refractivity contribution is 5.85. The third kappa shape index (κ3) is 5.75. The average Bonchev–Trinajstić information content (AvgIpc) is 2.62. The molecule has 0 spiro atoms. The fourth-order valence-corrected chi connectivity index (χ4v) is 2.68. The van der Waals surface area contributed by atoms with E-state index in [9.17, 15) is 9.59 Å². The van der Waals surface area contributed by atoms with Crippen LogP contribution >= 0.6 is 0 Å². The second-order valence-corrected chi connectivity index (χ2v) is 6.45. The van der Waals surface area contributed by atoms with E-state index >= 15 is 0 Å². The number of benzene rings is 2. The number of amides is 2. The van der Waals surface area contributed by atoms with E-state index in [1.165, 1.54) is 0 Å². The van der Waals surface area contributed by atoms with E-state index in [-0.39, 0.29) is 36.2 Å². The van der Waals surface area contributed by atoms with Gasteiger partial charge in [0.25, 0.3) is 0 Å². The molecule has 3 atom stereocenters. The van der Waals surface area contributed by atoms with Crippen LogP contribution in [0.1, 0.15) is 50.4 Å². The Morgan fingerprint density at radius 1 is 0.760 bits per heavy atom. The number of nitrogens with one attached hydrogen (secondary N) is 2. The molecule has 0 heterocycles. The maximum atomic E-state index is 12.3. The maximum absolute atomic E-state index is 12.3. The Bertz CT molecular complexity index is 686. The first-order valence-electron chi connectivity index (χ1n) is 8.67. The molecule has 0 unspecified atom stereocenters. The van der Waals surface area contributed by atoms with Crippen molar-refractivity contribution in [2.24, 2.45) is 5.92 Å². The Kier molecular flexibility index (Phi) is 6.75. The predicted octanol–water partition coefficient (Wildman–Crippen LogP) is 3.77. The topological polar surface area (TPSA) is 58.2 Å². The number of hydrogen-bond donors (Lipinski definition) is 2. The lowest BCUT2D eigenvalue weighted by molar-refractivity contribution is -0.130. The Balaban J connectivity index is 1.83. The highest BCUT2D eigenvalue weighted by Gasteiger charge is 2.20. The van der Waals surface area contributed by atoms with Crippen LogP contribution in [0, 0.1) is 5.92 Å². The van der Waals surface area contributed by atoms with E-state index in [4.69, 9.17) is 0 Å². The van der Waals surface area contributed by atoms with E-state index < -0.39 is 0 Å². The van der Waals surface area contributed by atoms with E-state index in [0.717, 1.165) is 11.1 Å². The van der Waals surface area contributed by atoms with Gasteiger partial charge in [0.2, 0.25) is 11.8 Å². The molecule has 0 aliphatic rings. The van der Waals surface area contributed by atoms with Crippen molar-refractivity contribution in [1.29, 1.82) is 0 Å². The molecule has 2 rings (SSSR count). The van der Waals surface area contributed by atoms with E-state index in [0.29, 0.717) is 0 Å². The molecule has 132 valence electrons. The standard InChI is InChI=1S/C21H26N2O2/c1-15(21(25)23-17(3)19-12-8-5-9-13-19)14-20(24)22-16(2)18-10-6-4-7-11-18/h4-13,15-17H,14H2,1-3H3,(H,22,24)(H,23,25)/t15-,16-,17+/m1/s1. The Labute approximate surface area is 149 Å². The van der Waals surface area contributed by atoms with Crippen molar-refractivity contribution in [1.82, 2.24) is 10.6 Å². The molecule has 2 amide bonds. The van der Waals surface area contributed by atoms with Crippen LogP contribution in [0.25, 0.3) is 0 Å². The zero-order valence-electron chi connectivity index (χ0n) is 15.0. The van der Waals surface area contributed by atoms with Crippen LogP contribution < -0.4 is 10.6 Å². The van der Waals surface area contributed by atoms with Crippen LogP contribution in [-0.4, -0.2) is 11.8 Å². The molecule has 0 fully saturated rings. The highest BCUT2D eigenvalue weighted by atomic mass is 16.2. The molecule has 4 heteroatoms. The molecule has 25 heavy (non-hydrogen) atoms. The minimum Gasteiger partial charge on any atom is -0.350 e. The van der Waals surface area contributed by atoms with Crippen molar-refractivity contribution in [2.45, 2.75) is 39.3 Å². The third-order valence-electron chi connectivity index (χ3n) is 4.27. The fourth-order valence-electron chi connectivity index (χ4n) is 2.68. The molecule has 2 N–H and O–H groups in total. The number of hydrogen-bond acceptors (Lipinski definition) is 2. The van der Waals surface area contributed by atoms with E-state index in [1.54, 1.807) is 6.92 Å². The van der Waals surface area contributed by atoms with Gasteiger partial charge in [0.05, 0.1) is 12.1 Å². The monoisotopic (exact) mass is 338 g/mol.